The molecule has 0 radical (unpaired) electrons. The van der Waals surface area contributed by atoms with Crippen molar-refractivity contribution in [3.63, 3.8) is 0 Å². The third kappa shape index (κ3) is 6.08. The van der Waals surface area contributed by atoms with E-state index in [0.717, 1.165) is 30.0 Å². The fourth-order valence-electron chi connectivity index (χ4n) is 7.21. The monoisotopic (exact) mass is 648 g/mol. The molecule has 0 spiro atoms. The summed E-state index contributed by atoms with van der Waals surface area (Å²) in [6.07, 6.45) is 0.996. The quantitative estimate of drug-likeness (QED) is 0.227. The van der Waals surface area contributed by atoms with E-state index in [0.29, 0.717) is 61.8 Å². The molecule has 2 saturated heterocycles. The molecule has 4 aromatic rings. The smallest absolute Gasteiger partial charge is 0.269 e. The molecule has 12 heteroatoms. The highest BCUT2D eigenvalue weighted by atomic mass is 16.6. The molecule has 4 heterocycles. The SMILES string of the molecule is COc1ccc(C(=O)Nc2cc(C(=O)N3CCN(c4ccc([N+](=O)[O-])cc4)CC3)ccc2N2CC3CC(C2)c2cccc(=O)n2C3)cc1. The van der Waals surface area contributed by atoms with Crippen LogP contribution in [0.4, 0.5) is 22.7 Å². The van der Waals surface area contributed by atoms with Gasteiger partial charge in [0.05, 0.1) is 23.4 Å². The minimum atomic E-state index is -0.419. The van der Waals surface area contributed by atoms with Gasteiger partial charge in [-0.05, 0) is 73.0 Å². The highest BCUT2D eigenvalue weighted by Gasteiger charge is 2.35. The maximum absolute atomic E-state index is 13.8. The van der Waals surface area contributed by atoms with Gasteiger partial charge in [0.15, 0.2) is 0 Å². The minimum Gasteiger partial charge on any atom is -0.497 e. The largest absolute Gasteiger partial charge is 0.497 e. The summed E-state index contributed by atoms with van der Waals surface area (Å²) < 4.78 is 7.14. The topological polar surface area (TPSA) is 130 Å². The molecule has 2 atom stereocenters. The van der Waals surface area contributed by atoms with E-state index in [1.807, 2.05) is 28.8 Å². The summed E-state index contributed by atoms with van der Waals surface area (Å²) in [5, 5.41) is 14.1. The standard InChI is InChI=1S/C36H36N6O6/c1-48-30-12-5-25(6-13-30)35(44)37-31-20-26(36(45)39-17-15-38(16-18-39)28-8-10-29(11-9-28)42(46)47)7-14-33(31)40-21-24-19-27(23-40)32-3-2-4-34(43)41(32)22-24/h2-14,20,24,27H,15-19,21-23H2,1H3,(H,37,44). The molecule has 246 valence electrons. The van der Waals surface area contributed by atoms with E-state index in [-0.39, 0.29) is 34.9 Å². The Morgan fingerprint density at radius 2 is 1.58 bits per heavy atom. The Morgan fingerprint density at radius 1 is 0.854 bits per heavy atom. The average molecular weight is 649 g/mol. The van der Waals surface area contributed by atoms with Gasteiger partial charge in [-0.15, -0.1) is 0 Å². The Kier molecular flexibility index (Phi) is 8.30. The molecule has 0 aliphatic carbocycles. The Balaban J connectivity index is 1.13. The lowest BCUT2D eigenvalue weighted by Crippen LogP contribution is -2.49. The van der Waals surface area contributed by atoms with Crippen LogP contribution in [0.2, 0.25) is 0 Å². The number of anilines is 3. The van der Waals surface area contributed by atoms with Crippen LogP contribution in [0, 0.1) is 16.0 Å². The van der Waals surface area contributed by atoms with Crippen LogP contribution < -0.4 is 25.4 Å². The number of carbonyl (C=O) groups excluding carboxylic acids is 2. The summed E-state index contributed by atoms with van der Waals surface area (Å²) in [4.78, 5) is 56.7. The predicted octanol–water partition coefficient (Wildman–Crippen LogP) is 4.60. The van der Waals surface area contributed by atoms with E-state index in [1.54, 1.807) is 60.5 Å². The molecule has 2 bridgehead atoms. The van der Waals surface area contributed by atoms with Gasteiger partial charge in [0.25, 0.3) is 23.1 Å². The molecule has 2 amide bonds. The van der Waals surface area contributed by atoms with Crippen molar-refractivity contribution >= 4 is 34.6 Å². The van der Waals surface area contributed by atoms with Crippen LogP contribution in [0.1, 0.15) is 38.7 Å². The third-order valence-electron chi connectivity index (χ3n) is 9.66. The number of nitro benzene ring substituents is 1. The highest BCUT2D eigenvalue weighted by molar-refractivity contribution is 6.07. The highest BCUT2D eigenvalue weighted by Crippen LogP contribution is 2.39. The zero-order chi connectivity index (χ0) is 33.4. The van der Waals surface area contributed by atoms with Crippen LogP contribution in [0.15, 0.2) is 89.7 Å². The number of rotatable bonds is 7. The van der Waals surface area contributed by atoms with Crippen molar-refractivity contribution in [3.8, 4) is 5.75 Å². The molecule has 12 nitrogen and oxygen atoms in total. The summed E-state index contributed by atoms with van der Waals surface area (Å²) in [5.41, 5.74) is 4.30. The van der Waals surface area contributed by atoms with Crippen LogP contribution >= 0.6 is 0 Å². The number of carbonyl (C=O) groups is 2. The molecular weight excluding hydrogens is 612 g/mol. The molecule has 3 aliphatic rings. The first kappa shape index (κ1) is 31.0. The summed E-state index contributed by atoms with van der Waals surface area (Å²) in [6, 6.07) is 24.3. The van der Waals surface area contributed by atoms with Gasteiger partial charge in [-0.25, -0.2) is 0 Å². The van der Waals surface area contributed by atoms with Crippen LogP contribution in [-0.2, 0) is 6.54 Å². The number of benzene rings is 3. The molecule has 2 fully saturated rings. The van der Waals surface area contributed by atoms with Gasteiger partial charge < -0.3 is 29.3 Å². The van der Waals surface area contributed by atoms with Crippen LogP contribution in [0.3, 0.4) is 0 Å². The Morgan fingerprint density at radius 3 is 2.29 bits per heavy atom. The van der Waals surface area contributed by atoms with E-state index >= 15 is 0 Å². The number of pyridine rings is 1. The molecule has 1 aromatic heterocycles. The molecule has 1 N–H and O–H groups in total. The van der Waals surface area contributed by atoms with Crippen molar-refractivity contribution in [3.05, 3.63) is 122 Å². The first-order valence-electron chi connectivity index (χ1n) is 16.1. The molecule has 7 rings (SSSR count). The number of fused-ring (bicyclic) bond motifs is 4. The second-order valence-corrected chi connectivity index (χ2v) is 12.6. The first-order valence-corrected chi connectivity index (χ1v) is 16.1. The lowest BCUT2D eigenvalue weighted by atomic mass is 9.83. The number of amides is 2. The average Bonchev–Trinajstić information content (AvgIpc) is 3.12. The fourth-order valence-corrected chi connectivity index (χ4v) is 7.21. The maximum Gasteiger partial charge on any atom is 0.269 e. The number of non-ortho nitro benzene ring substituents is 1. The molecule has 3 aromatic carbocycles. The summed E-state index contributed by atoms with van der Waals surface area (Å²) in [7, 11) is 1.57. The summed E-state index contributed by atoms with van der Waals surface area (Å²) in [6.45, 7) is 4.20. The van der Waals surface area contributed by atoms with Crippen LogP contribution in [0.5, 0.6) is 5.75 Å². The number of hydrogen-bond donors (Lipinski definition) is 1. The van der Waals surface area contributed by atoms with Crippen molar-refractivity contribution < 1.29 is 19.2 Å². The number of nitro groups is 1. The van der Waals surface area contributed by atoms with Crippen molar-refractivity contribution in [1.82, 2.24) is 9.47 Å². The van der Waals surface area contributed by atoms with Gasteiger partial charge in [-0.3, -0.25) is 24.5 Å². The lowest BCUT2D eigenvalue weighted by molar-refractivity contribution is -0.384. The number of nitrogens with zero attached hydrogens (tertiary/aromatic N) is 5. The fraction of sp³-hybridized carbons (Fsp3) is 0.306. The second kappa shape index (κ2) is 12.9. The van der Waals surface area contributed by atoms with Crippen LogP contribution in [-0.4, -0.2) is 72.6 Å². The molecular formula is C36H36N6O6. The number of ether oxygens (including phenoxy) is 1. The predicted molar refractivity (Wildman–Crippen MR) is 182 cm³/mol. The third-order valence-corrected chi connectivity index (χ3v) is 9.66. The van der Waals surface area contributed by atoms with Gasteiger partial charge in [0, 0.05) is 92.4 Å². The minimum absolute atomic E-state index is 0.0273. The van der Waals surface area contributed by atoms with Gasteiger partial charge in [-0.1, -0.05) is 6.07 Å². The molecule has 3 aliphatic heterocycles. The van der Waals surface area contributed by atoms with Crippen molar-refractivity contribution in [2.75, 3.05) is 61.5 Å². The normalized spacial score (nSPS) is 18.6. The summed E-state index contributed by atoms with van der Waals surface area (Å²) in [5.74, 6) is 0.662. The van der Waals surface area contributed by atoms with Crippen molar-refractivity contribution in [2.45, 2.75) is 18.9 Å². The van der Waals surface area contributed by atoms with E-state index in [1.165, 1.54) is 12.1 Å². The van der Waals surface area contributed by atoms with Gasteiger partial charge in [0.1, 0.15) is 5.75 Å². The zero-order valence-corrected chi connectivity index (χ0v) is 26.6. The van der Waals surface area contributed by atoms with E-state index in [9.17, 15) is 24.5 Å². The second-order valence-electron chi connectivity index (χ2n) is 12.6. The number of hydrogen-bond acceptors (Lipinski definition) is 8. The lowest BCUT2D eigenvalue weighted by Gasteiger charge is -2.44. The van der Waals surface area contributed by atoms with E-state index in [2.05, 4.69) is 15.1 Å². The Bertz CT molecular complexity index is 1920. The molecule has 2 unspecified atom stereocenters. The number of piperidine rings is 1. The van der Waals surface area contributed by atoms with Gasteiger partial charge >= 0.3 is 0 Å². The number of piperazine rings is 1. The maximum atomic E-state index is 13.8. The van der Waals surface area contributed by atoms with E-state index in [4.69, 9.17) is 4.74 Å². The Labute approximate surface area is 277 Å². The zero-order valence-electron chi connectivity index (χ0n) is 26.6. The number of methoxy groups -OCH3 is 1. The molecule has 0 saturated carbocycles. The Hall–Kier alpha value is -5.65. The number of aromatic nitrogens is 1. The van der Waals surface area contributed by atoms with Crippen molar-refractivity contribution in [2.24, 2.45) is 5.92 Å². The van der Waals surface area contributed by atoms with Gasteiger partial charge in [0.2, 0.25) is 0 Å². The first-order chi connectivity index (χ1) is 23.3. The van der Waals surface area contributed by atoms with E-state index < -0.39 is 4.92 Å². The molecule has 48 heavy (non-hydrogen) atoms. The van der Waals surface area contributed by atoms with Gasteiger partial charge in [-0.2, -0.15) is 0 Å². The summed E-state index contributed by atoms with van der Waals surface area (Å²) >= 11 is 0. The van der Waals surface area contributed by atoms with Crippen LogP contribution in [0.25, 0.3) is 0 Å². The number of nitrogens with one attached hydrogen (secondary N) is 1. The van der Waals surface area contributed by atoms with Crippen molar-refractivity contribution in [1.29, 1.82) is 0 Å².